The summed E-state index contributed by atoms with van der Waals surface area (Å²) in [6, 6.07) is 4.20. The fourth-order valence-electron chi connectivity index (χ4n) is 7.44. The average Bonchev–Trinajstić information content (AvgIpc) is 3.22. The van der Waals surface area contributed by atoms with Crippen LogP contribution in [0.15, 0.2) is 40.5 Å². The second-order valence-corrected chi connectivity index (χ2v) is 9.75. The highest BCUT2D eigenvalue weighted by Gasteiger charge is 2.58. The van der Waals surface area contributed by atoms with Crippen LogP contribution in [0.1, 0.15) is 71.5 Å². The van der Waals surface area contributed by atoms with Gasteiger partial charge in [0.25, 0.3) is 0 Å². The fourth-order valence-corrected chi connectivity index (χ4v) is 7.44. The van der Waals surface area contributed by atoms with Crippen molar-refractivity contribution in [1.29, 1.82) is 0 Å². The molecule has 25 heavy (non-hydrogen) atoms. The number of fused-ring (bicyclic) bond motifs is 5. The lowest BCUT2D eigenvalue weighted by molar-refractivity contribution is -0.0316. The second kappa shape index (κ2) is 5.38. The molecule has 0 bridgehead atoms. The van der Waals surface area contributed by atoms with E-state index < -0.39 is 0 Å². The summed E-state index contributed by atoms with van der Waals surface area (Å²) in [5.74, 6) is 4.38. The van der Waals surface area contributed by atoms with Gasteiger partial charge in [0, 0.05) is 0 Å². The Labute approximate surface area is 152 Å². The summed E-state index contributed by atoms with van der Waals surface area (Å²) in [6.45, 7) is 7.65. The molecule has 1 aromatic heterocycles. The topological polar surface area (TPSA) is 13.1 Å². The van der Waals surface area contributed by atoms with Gasteiger partial charge in [-0.25, -0.2) is 0 Å². The molecule has 134 valence electrons. The van der Waals surface area contributed by atoms with E-state index >= 15 is 0 Å². The Bertz CT molecular complexity index is 723. The minimum Gasteiger partial charge on any atom is -0.465 e. The van der Waals surface area contributed by atoms with Crippen LogP contribution in [0.25, 0.3) is 5.57 Å². The van der Waals surface area contributed by atoms with Crippen LogP contribution < -0.4 is 0 Å². The van der Waals surface area contributed by atoms with Gasteiger partial charge in [-0.1, -0.05) is 44.9 Å². The Balaban J connectivity index is 1.53. The molecule has 0 aliphatic heterocycles. The lowest BCUT2D eigenvalue weighted by Crippen LogP contribution is -2.51. The van der Waals surface area contributed by atoms with Crippen LogP contribution in [0.2, 0.25) is 0 Å². The first kappa shape index (κ1) is 16.0. The minimum absolute atomic E-state index is 0.309. The van der Waals surface area contributed by atoms with E-state index in [-0.39, 0.29) is 0 Å². The van der Waals surface area contributed by atoms with Crippen LogP contribution in [0, 0.1) is 34.5 Å². The molecule has 0 saturated heterocycles. The molecule has 0 amide bonds. The predicted molar refractivity (Wildman–Crippen MR) is 103 cm³/mol. The van der Waals surface area contributed by atoms with Crippen LogP contribution in [0.4, 0.5) is 0 Å². The van der Waals surface area contributed by atoms with Crippen LogP contribution in [-0.4, -0.2) is 0 Å². The zero-order valence-electron chi connectivity index (χ0n) is 16.1. The third-order valence-electron chi connectivity index (χ3n) is 8.72. The van der Waals surface area contributed by atoms with Crippen molar-refractivity contribution in [3.05, 3.63) is 41.9 Å². The van der Waals surface area contributed by atoms with Gasteiger partial charge in [-0.3, -0.25) is 0 Å². The SMILES string of the molecule is CC1C=C2CCCC[C@]2(C)[C@H]2CC[C@]3(C)C(c4ccco4)=CC[C@H]3[C@H]12. The first-order valence-corrected chi connectivity index (χ1v) is 10.5. The highest BCUT2D eigenvalue weighted by molar-refractivity contribution is 5.69. The molecular weight excluding hydrogens is 304 g/mol. The predicted octanol–water partition coefficient (Wildman–Crippen LogP) is 6.87. The lowest BCUT2D eigenvalue weighted by Gasteiger charge is -2.59. The lowest BCUT2D eigenvalue weighted by atomic mass is 9.45. The maximum Gasteiger partial charge on any atom is 0.130 e. The van der Waals surface area contributed by atoms with Gasteiger partial charge in [-0.15, -0.1) is 0 Å². The molecule has 2 fully saturated rings. The van der Waals surface area contributed by atoms with Crippen molar-refractivity contribution in [3.8, 4) is 0 Å². The number of hydrogen-bond donors (Lipinski definition) is 0. The normalized spacial score (nSPS) is 45.9. The first-order valence-electron chi connectivity index (χ1n) is 10.5. The van der Waals surface area contributed by atoms with Crippen LogP contribution in [0.3, 0.4) is 0 Å². The molecule has 0 radical (unpaired) electrons. The van der Waals surface area contributed by atoms with Gasteiger partial charge in [0.1, 0.15) is 5.76 Å². The smallest absolute Gasteiger partial charge is 0.130 e. The van der Waals surface area contributed by atoms with E-state index in [1.165, 1.54) is 50.5 Å². The molecule has 2 saturated carbocycles. The average molecular weight is 337 g/mol. The van der Waals surface area contributed by atoms with Gasteiger partial charge in [-0.05, 0) is 90.7 Å². The van der Waals surface area contributed by atoms with Crippen molar-refractivity contribution >= 4 is 5.57 Å². The van der Waals surface area contributed by atoms with E-state index in [0.717, 1.165) is 29.4 Å². The van der Waals surface area contributed by atoms with Crippen molar-refractivity contribution in [2.24, 2.45) is 34.5 Å². The van der Waals surface area contributed by atoms with E-state index in [1.807, 2.05) is 17.9 Å². The maximum atomic E-state index is 5.82. The Morgan fingerprint density at radius 1 is 1.08 bits per heavy atom. The van der Waals surface area contributed by atoms with E-state index in [2.05, 4.69) is 39.0 Å². The quantitative estimate of drug-likeness (QED) is 0.510. The Hall–Kier alpha value is -1.24. The van der Waals surface area contributed by atoms with Crippen molar-refractivity contribution in [2.45, 2.75) is 65.7 Å². The molecule has 0 aromatic carbocycles. The molecular formula is C24H32O. The summed E-state index contributed by atoms with van der Waals surface area (Å²) in [6.07, 6.45) is 16.7. The molecule has 0 spiro atoms. The first-order chi connectivity index (χ1) is 12.0. The molecule has 1 aromatic rings. The molecule has 1 heterocycles. The molecule has 1 unspecified atom stereocenters. The molecule has 1 heteroatoms. The van der Waals surface area contributed by atoms with Crippen molar-refractivity contribution in [2.75, 3.05) is 0 Å². The van der Waals surface area contributed by atoms with Gasteiger partial charge in [0.2, 0.25) is 0 Å². The summed E-state index contributed by atoms with van der Waals surface area (Å²) in [7, 11) is 0. The van der Waals surface area contributed by atoms with E-state index in [4.69, 9.17) is 4.42 Å². The Morgan fingerprint density at radius 2 is 1.96 bits per heavy atom. The van der Waals surface area contributed by atoms with Gasteiger partial charge in [-0.2, -0.15) is 0 Å². The van der Waals surface area contributed by atoms with E-state index in [0.29, 0.717) is 10.8 Å². The van der Waals surface area contributed by atoms with Crippen LogP contribution >= 0.6 is 0 Å². The number of furan rings is 1. The summed E-state index contributed by atoms with van der Waals surface area (Å²) >= 11 is 0. The summed E-state index contributed by atoms with van der Waals surface area (Å²) < 4.78 is 5.82. The van der Waals surface area contributed by atoms with Crippen LogP contribution in [0.5, 0.6) is 0 Å². The van der Waals surface area contributed by atoms with E-state index in [9.17, 15) is 0 Å². The number of rotatable bonds is 1. The van der Waals surface area contributed by atoms with Gasteiger partial charge in [0.05, 0.1) is 6.26 Å². The molecule has 4 aliphatic carbocycles. The Morgan fingerprint density at radius 3 is 2.76 bits per heavy atom. The summed E-state index contributed by atoms with van der Waals surface area (Å²) in [5.41, 5.74) is 4.11. The number of allylic oxidation sites excluding steroid dienone is 4. The molecule has 5 rings (SSSR count). The van der Waals surface area contributed by atoms with Gasteiger partial charge >= 0.3 is 0 Å². The molecule has 1 nitrogen and oxygen atoms in total. The van der Waals surface area contributed by atoms with Crippen molar-refractivity contribution in [3.63, 3.8) is 0 Å². The molecule has 6 atom stereocenters. The van der Waals surface area contributed by atoms with E-state index in [1.54, 1.807) is 0 Å². The fraction of sp³-hybridized carbons (Fsp3) is 0.667. The third-order valence-corrected chi connectivity index (χ3v) is 8.72. The highest BCUT2D eigenvalue weighted by Crippen LogP contribution is 2.67. The minimum atomic E-state index is 0.309. The number of hydrogen-bond acceptors (Lipinski definition) is 1. The summed E-state index contributed by atoms with van der Waals surface area (Å²) in [4.78, 5) is 0. The summed E-state index contributed by atoms with van der Waals surface area (Å²) in [5, 5.41) is 0. The third kappa shape index (κ3) is 2.07. The zero-order chi connectivity index (χ0) is 17.2. The van der Waals surface area contributed by atoms with Gasteiger partial charge in [0.15, 0.2) is 0 Å². The monoisotopic (exact) mass is 336 g/mol. The second-order valence-electron chi connectivity index (χ2n) is 9.75. The van der Waals surface area contributed by atoms with Crippen molar-refractivity contribution in [1.82, 2.24) is 0 Å². The largest absolute Gasteiger partial charge is 0.465 e. The maximum absolute atomic E-state index is 5.82. The standard InChI is InChI=1S/C24H32O/c1-16-15-17-7-4-5-12-23(17,2)20-11-13-24(3)18(21-8-6-14-25-21)9-10-19(24)22(16)20/h6,8-9,14-16,19-20,22H,4-5,7,10-13H2,1-3H3/t16?,19-,20-,22-,23-,24+/m0/s1. The molecule has 0 N–H and O–H groups in total. The molecule has 4 aliphatic rings. The van der Waals surface area contributed by atoms with Crippen LogP contribution in [-0.2, 0) is 0 Å². The Kier molecular flexibility index (Phi) is 3.44. The zero-order valence-corrected chi connectivity index (χ0v) is 16.1. The van der Waals surface area contributed by atoms with Crippen molar-refractivity contribution < 1.29 is 4.42 Å². The highest BCUT2D eigenvalue weighted by atomic mass is 16.3. The van der Waals surface area contributed by atoms with Gasteiger partial charge < -0.3 is 4.42 Å².